The van der Waals surface area contributed by atoms with Gasteiger partial charge in [-0.2, -0.15) is 0 Å². The fraction of sp³-hybridized carbons (Fsp3) is 0.727. The Morgan fingerprint density at radius 2 is 2.06 bits per heavy atom. The lowest BCUT2D eigenvalue weighted by Crippen LogP contribution is -2.44. The summed E-state index contributed by atoms with van der Waals surface area (Å²) in [5.41, 5.74) is 4.02. The molecule has 1 saturated heterocycles. The van der Waals surface area contributed by atoms with E-state index in [-0.39, 0.29) is 12.5 Å². The topological polar surface area (TPSA) is 113 Å². The van der Waals surface area contributed by atoms with E-state index < -0.39 is 23.3 Å². The molecule has 18 heavy (non-hydrogen) atoms. The number of carboxylic acid groups (broad SMARTS) is 1. The molecule has 1 heterocycles. The lowest BCUT2D eigenvalue weighted by atomic mass is 9.76. The molecule has 0 bridgehead atoms. The van der Waals surface area contributed by atoms with Gasteiger partial charge in [-0.1, -0.05) is 13.8 Å². The number of amides is 3. The van der Waals surface area contributed by atoms with Crippen LogP contribution in [0.1, 0.15) is 20.3 Å². The van der Waals surface area contributed by atoms with Crippen molar-refractivity contribution in [2.24, 2.45) is 17.1 Å². The third-order valence-corrected chi connectivity index (χ3v) is 3.54. The molecular formula is C11H19N3O4. The summed E-state index contributed by atoms with van der Waals surface area (Å²) in [6.07, 6.45) is 0.504. The molecule has 1 aliphatic rings. The van der Waals surface area contributed by atoms with E-state index in [1.807, 2.05) is 19.2 Å². The van der Waals surface area contributed by atoms with Gasteiger partial charge in [0, 0.05) is 6.54 Å². The van der Waals surface area contributed by atoms with Crippen LogP contribution in [0.15, 0.2) is 0 Å². The Balaban J connectivity index is 2.62. The Hall–Kier alpha value is -1.63. The summed E-state index contributed by atoms with van der Waals surface area (Å²) in [6, 6.07) is -0.896. The van der Waals surface area contributed by atoms with Crippen molar-refractivity contribution in [2.75, 3.05) is 19.6 Å². The second-order valence-electron chi connectivity index (χ2n) is 4.99. The molecule has 7 heteroatoms. The minimum Gasteiger partial charge on any atom is -0.481 e. The lowest BCUT2D eigenvalue weighted by molar-refractivity contribution is -0.151. The molecule has 0 aliphatic carbocycles. The number of carbonyl (C=O) groups excluding carboxylic acids is 2. The number of aliphatic carboxylic acids is 1. The number of nitrogens with one attached hydrogen (secondary N) is 1. The number of rotatable bonds is 4. The summed E-state index contributed by atoms with van der Waals surface area (Å²) >= 11 is 0. The number of nitrogens with two attached hydrogens (primary N) is 1. The standard InChI is InChI=1S/C11H19N3O4/c1-7(2)11(9(16)17)3-4-14(6-11)5-8(15)13-10(12)18/h7H,3-6H2,1-2H3,(H,16,17)(H3,12,13,15,18). The number of urea groups is 1. The van der Waals surface area contributed by atoms with Gasteiger partial charge in [0.2, 0.25) is 5.91 Å². The van der Waals surface area contributed by atoms with Gasteiger partial charge in [-0.15, -0.1) is 0 Å². The molecule has 4 N–H and O–H groups in total. The van der Waals surface area contributed by atoms with E-state index in [4.69, 9.17) is 5.73 Å². The quantitative estimate of drug-likeness (QED) is 0.635. The normalized spacial score (nSPS) is 24.2. The second-order valence-corrected chi connectivity index (χ2v) is 4.99. The van der Waals surface area contributed by atoms with Crippen molar-refractivity contribution in [1.29, 1.82) is 0 Å². The van der Waals surface area contributed by atoms with Gasteiger partial charge in [0.25, 0.3) is 0 Å². The zero-order chi connectivity index (χ0) is 13.9. The molecule has 0 saturated carbocycles. The number of nitrogens with zero attached hydrogens (tertiary/aromatic N) is 1. The Labute approximate surface area is 105 Å². The molecule has 1 rings (SSSR count). The molecule has 0 aromatic carbocycles. The van der Waals surface area contributed by atoms with Crippen LogP contribution in [0.2, 0.25) is 0 Å². The monoisotopic (exact) mass is 257 g/mol. The first kappa shape index (κ1) is 14.4. The molecule has 7 nitrogen and oxygen atoms in total. The minimum atomic E-state index is -0.896. The Morgan fingerprint density at radius 1 is 1.44 bits per heavy atom. The number of hydrogen-bond donors (Lipinski definition) is 3. The minimum absolute atomic E-state index is 0.00924. The van der Waals surface area contributed by atoms with Crippen molar-refractivity contribution in [3.63, 3.8) is 0 Å². The smallest absolute Gasteiger partial charge is 0.318 e. The molecule has 1 unspecified atom stereocenters. The highest BCUT2D eigenvalue weighted by atomic mass is 16.4. The van der Waals surface area contributed by atoms with Crippen LogP contribution in [0, 0.1) is 11.3 Å². The van der Waals surface area contributed by atoms with Gasteiger partial charge < -0.3 is 10.8 Å². The molecule has 3 amide bonds. The van der Waals surface area contributed by atoms with Crippen LogP contribution >= 0.6 is 0 Å². The lowest BCUT2D eigenvalue weighted by Gasteiger charge is -2.28. The summed E-state index contributed by atoms with van der Waals surface area (Å²) in [6.45, 7) is 4.55. The van der Waals surface area contributed by atoms with Crippen LogP contribution in [0.5, 0.6) is 0 Å². The first-order valence-corrected chi connectivity index (χ1v) is 5.83. The Bertz CT molecular complexity index is 369. The van der Waals surface area contributed by atoms with E-state index in [0.717, 1.165) is 0 Å². The number of carbonyl (C=O) groups is 3. The van der Waals surface area contributed by atoms with Crippen molar-refractivity contribution >= 4 is 17.9 Å². The van der Waals surface area contributed by atoms with Crippen LogP contribution < -0.4 is 11.1 Å². The summed E-state index contributed by atoms with van der Waals surface area (Å²) in [5, 5.41) is 11.3. The highest BCUT2D eigenvalue weighted by molar-refractivity contribution is 5.94. The zero-order valence-electron chi connectivity index (χ0n) is 10.6. The van der Waals surface area contributed by atoms with Gasteiger partial charge in [-0.3, -0.25) is 19.8 Å². The number of carboxylic acids is 1. The summed E-state index contributed by atoms with van der Waals surface area (Å²) in [4.78, 5) is 35.0. The van der Waals surface area contributed by atoms with E-state index in [9.17, 15) is 19.5 Å². The van der Waals surface area contributed by atoms with Crippen molar-refractivity contribution < 1.29 is 19.5 Å². The van der Waals surface area contributed by atoms with Crippen molar-refractivity contribution in [2.45, 2.75) is 20.3 Å². The van der Waals surface area contributed by atoms with Crippen LogP contribution in [0.4, 0.5) is 4.79 Å². The molecule has 102 valence electrons. The first-order valence-electron chi connectivity index (χ1n) is 5.83. The molecule has 0 aromatic heterocycles. The van der Waals surface area contributed by atoms with Gasteiger partial charge in [0.05, 0.1) is 12.0 Å². The summed E-state index contributed by atoms with van der Waals surface area (Å²) in [7, 11) is 0. The van der Waals surface area contributed by atoms with Crippen molar-refractivity contribution in [1.82, 2.24) is 10.2 Å². The molecule has 0 aromatic rings. The van der Waals surface area contributed by atoms with Crippen LogP contribution in [-0.2, 0) is 9.59 Å². The highest BCUT2D eigenvalue weighted by Crippen LogP contribution is 2.37. The Kier molecular flexibility index (Phi) is 4.28. The molecule has 1 atom stereocenters. The van der Waals surface area contributed by atoms with E-state index in [2.05, 4.69) is 0 Å². The third-order valence-electron chi connectivity index (χ3n) is 3.54. The van der Waals surface area contributed by atoms with E-state index in [1.54, 1.807) is 4.90 Å². The highest BCUT2D eigenvalue weighted by Gasteiger charge is 2.47. The number of hydrogen-bond acceptors (Lipinski definition) is 4. The maximum Gasteiger partial charge on any atom is 0.318 e. The van der Waals surface area contributed by atoms with Gasteiger partial charge in [0.15, 0.2) is 0 Å². The van der Waals surface area contributed by atoms with Crippen LogP contribution in [0.3, 0.4) is 0 Å². The fourth-order valence-electron chi connectivity index (χ4n) is 2.32. The predicted molar refractivity (Wildman–Crippen MR) is 63.7 cm³/mol. The van der Waals surface area contributed by atoms with Gasteiger partial charge in [-0.05, 0) is 18.9 Å². The number of primary amides is 1. The largest absolute Gasteiger partial charge is 0.481 e. The van der Waals surface area contributed by atoms with Gasteiger partial charge in [0.1, 0.15) is 0 Å². The number of imide groups is 1. The first-order chi connectivity index (χ1) is 8.28. The van der Waals surface area contributed by atoms with E-state index in [1.165, 1.54) is 0 Å². The second kappa shape index (κ2) is 5.34. The zero-order valence-corrected chi connectivity index (χ0v) is 10.6. The van der Waals surface area contributed by atoms with Crippen molar-refractivity contribution in [3.05, 3.63) is 0 Å². The van der Waals surface area contributed by atoms with Crippen LogP contribution in [0.25, 0.3) is 0 Å². The maximum atomic E-state index is 11.4. The maximum absolute atomic E-state index is 11.4. The Morgan fingerprint density at radius 3 is 2.44 bits per heavy atom. The number of likely N-dealkylation sites (tertiary alicyclic amines) is 1. The van der Waals surface area contributed by atoms with Gasteiger partial charge in [-0.25, -0.2) is 4.79 Å². The van der Waals surface area contributed by atoms with Gasteiger partial charge >= 0.3 is 12.0 Å². The SMILES string of the molecule is CC(C)C1(C(=O)O)CCN(CC(=O)NC(N)=O)C1. The molecule has 0 radical (unpaired) electrons. The average Bonchev–Trinajstić information content (AvgIpc) is 2.61. The van der Waals surface area contributed by atoms with E-state index >= 15 is 0 Å². The molecule has 1 fully saturated rings. The molecular weight excluding hydrogens is 238 g/mol. The van der Waals surface area contributed by atoms with Crippen LogP contribution in [-0.4, -0.2) is 47.5 Å². The predicted octanol–water partition coefficient (Wildman–Crippen LogP) is -0.386. The molecule has 1 aliphatic heterocycles. The average molecular weight is 257 g/mol. The fourth-order valence-corrected chi connectivity index (χ4v) is 2.32. The molecule has 0 spiro atoms. The summed E-state index contributed by atoms with van der Waals surface area (Å²) in [5.74, 6) is -1.36. The third kappa shape index (κ3) is 2.98. The van der Waals surface area contributed by atoms with E-state index in [0.29, 0.717) is 19.5 Å². The summed E-state index contributed by atoms with van der Waals surface area (Å²) < 4.78 is 0. The van der Waals surface area contributed by atoms with Crippen molar-refractivity contribution in [3.8, 4) is 0 Å².